The van der Waals surface area contributed by atoms with Crippen molar-refractivity contribution >= 4 is 27.7 Å². The molecule has 1 nitrogen and oxygen atoms in total. The highest BCUT2D eigenvalue weighted by Gasteiger charge is 2.06. The summed E-state index contributed by atoms with van der Waals surface area (Å²) in [7, 11) is 0. The second-order valence-corrected chi connectivity index (χ2v) is 7.22. The van der Waals surface area contributed by atoms with Gasteiger partial charge in [0.05, 0.1) is 6.10 Å². The van der Waals surface area contributed by atoms with Crippen LogP contribution in [0.2, 0.25) is 0 Å². The van der Waals surface area contributed by atoms with E-state index in [1.165, 1.54) is 43.4 Å². The highest BCUT2D eigenvalue weighted by molar-refractivity contribution is 9.10. The van der Waals surface area contributed by atoms with Crippen LogP contribution in [0.3, 0.4) is 0 Å². The van der Waals surface area contributed by atoms with Gasteiger partial charge in [-0.05, 0) is 34.5 Å². The molecular formula is C17H27BrOS. The van der Waals surface area contributed by atoms with Gasteiger partial charge in [0.2, 0.25) is 0 Å². The molecule has 0 aliphatic rings. The molecule has 0 radical (unpaired) electrons. The van der Waals surface area contributed by atoms with Crippen molar-refractivity contribution < 1.29 is 5.11 Å². The quantitative estimate of drug-likeness (QED) is 0.384. The first-order chi connectivity index (χ1) is 9.74. The van der Waals surface area contributed by atoms with Gasteiger partial charge >= 0.3 is 0 Å². The molecule has 0 saturated carbocycles. The fourth-order valence-electron chi connectivity index (χ4n) is 2.17. The SMILES string of the molecule is CCCCCCCCCC(O)CSc1ccccc1Br. The van der Waals surface area contributed by atoms with Crippen molar-refractivity contribution in [2.75, 3.05) is 5.75 Å². The average molecular weight is 359 g/mol. The number of thioether (sulfide) groups is 1. The van der Waals surface area contributed by atoms with E-state index in [1.54, 1.807) is 11.8 Å². The van der Waals surface area contributed by atoms with Crippen molar-refractivity contribution in [2.24, 2.45) is 0 Å². The summed E-state index contributed by atoms with van der Waals surface area (Å²) in [5.74, 6) is 0.790. The molecule has 0 amide bonds. The third-order valence-corrected chi connectivity index (χ3v) is 5.58. The third kappa shape index (κ3) is 8.33. The zero-order chi connectivity index (χ0) is 14.6. The van der Waals surface area contributed by atoms with E-state index >= 15 is 0 Å². The molecule has 20 heavy (non-hydrogen) atoms. The van der Waals surface area contributed by atoms with Gasteiger partial charge in [0.25, 0.3) is 0 Å². The molecular weight excluding hydrogens is 332 g/mol. The zero-order valence-corrected chi connectivity index (χ0v) is 14.9. The van der Waals surface area contributed by atoms with Crippen molar-refractivity contribution in [1.82, 2.24) is 0 Å². The van der Waals surface area contributed by atoms with Gasteiger partial charge in [-0.3, -0.25) is 0 Å². The van der Waals surface area contributed by atoms with E-state index in [-0.39, 0.29) is 6.10 Å². The lowest BCUT2D eigenvalue weighted by molar-refractivity contribution is 0.185. The Morgan fingerprint density at radius 2 is 1.70 bits per heavy atom. The number of hydrogen-bond donors (Lipinski definition) is 1. The first-order valence-electron chi connectivity index (χ1n) is 7.79. The highest BCUT2D eigenvalue weighted by atomic mass is 79.9. The zero-order valence-electron chi connectivity index (χ0n) is 12.5. The number of rotatable bonds is 11. The van der Waals surface area contributed by atoms with Crippen LogP contribution in [0, 0.1) is 0 Å². The van der Waals surface area contributed by atoms with Crippen molar-refractivity contribution in [3.05, 3.63) is 28.7 Å². The van der Waals surface area contributed by atoms with Gasteiger partial charge in [-0.1, -0.05) is 64.0 Å². The van der Waals surface area contributed by atoms with Crippen molar-refractivity contribution in [3.63, 3.8) is 0 Å². The second kappa shape index (κ2) is 11.6. The molecule has 1 atom stereocenters. The van der Waals surface area contributed by atoms with Crippen LogP contribution < -0.4 is 0 Å². The summed E-state index contributed by atoms with van der Waals surface area (Å²) in [6.07, 6.45) is 9.91. The normalized spacial score (nSPS) is 12.6. The maximum absolute atomic E-state index is 10.0. The molecule has 0 fully saturated rings. The van der Waals surface area contributed by atoms with Gasteiger partial charge in [0, 0.05) is 15.1 Å². The third-order valence-electron chi connectivity index (χ3n) is 3.41. The molecule has 1 aromatic rings. The number of aliphatic hydroxyl groups excluding tert-OH is 1. The fraction of sp³-hybridized carbons (Fsp3) is 0.647. The number of aliphatic hydroxyl groups is 1. The predicted octanol–water partition coefficient (Wildman–Crippen LogP) is 6.04. The van der Waals surface area contributed by atoms with E-state index in [2.05, 4.69) is 28.9 Å². The summed E-state index contributed by atoms with van der Waals surface area (Å²) in [4.78, 5) is 1.21. The molecule has 1 aromatic carbocycles. The summed E-state index contributed by atoms with van der Waals surface area (Å²) >= 11 is 5.27. The van der Waals surface area contributed by atoms with Gasteiger partial charge < -0.3 is 5.11 Å². The van der Waals surface area contributed by atoms with E-state index in [9.17, 15) is 5.11 Å². The molecule has 114 valence electrons. The lowest BCUT2D eigenvalue weighted by atomic mass is 10.1. The summed E-state index contributed by atoms with van der Waals surface area (Å²) in [5.41, 5.74) is 0. The predicted molar refractivity (Wildman–Crippen MR) is 93.5 cm³/mol. The highest BCUT2D eigenvalue weighted by Crippen LogP contribution is 2.28. The first kappa shape index (κ1) is 18.1. The molecule has 0 spiro atoms. The van der Waals surface area contributed by atoms with Gasteiger partial charge in [-0.15, -0.1) is 11.8 Å². The largest absolute Gasteiger partial charge is 0.392 e. The number of halogens is 1. The van der Waals surface area contributed by atoms with E-state index < -0.39 is 0 Å². The Bertz CT molecular complexity index is 357. The minimum atomic E-state index is -0.178. The van der Waals surface area contributed by atoms with Crippen molar-refractivity contribution in [1.29, 1.82) is 0 Å². The van der Waals surface area contributed by atoms with Crippen LogP contribution in [0.4, 0.5) is 0 Å². The lowest BCUT2D eigenvalue weighted by Crippen LogP contribution is -2.09. The number of unbranched alkanes of at least 4 members (excludes halogenated alkanes) is 6. The Morgan fingerprint density at radius 1 is 1.05 bits per heavy atom. The van der Waals surface area contributed by atoms with Crippen LogP contribution in [-0.4, -0.2) is 17.0 Å². The topological polar surface area (TPSA) is 20.2 Å². The molecule has 1 N–H and O–H groups in total. The Morgan fingerprint density at radius 3 is 2.40 bits per heavy atom. The van der Waals surface area contributed by atoms with Crippen LogP contribution in [-0.2, 0) is 0 Å². The average Bonchev–Trinajstić information content (AvgIpc) is 2.45. The smallest absolute Gasteiger partial charge is 0.0634 e. The summed E-state index contributed by atoms with van der Waals surface area (Å²) < 4.78 is 1.12. The van der Waals surface area contributed by atoms with E-state index in [0.717, 1.165) is 23.1 Å². The number of hydrogen-bond acceptors (Lipinski definition) is 2. The maximum Gasteiger partial charge on any atom is 0.0634 e. The van der Waals surface area contributed by atoms with Crippen LogP contribution in [0.5, 0.6) is 0 Å². The lowest BCUT2D eigenvalue weighted by Gasteiger charge is -2.11. The van der Waals surface area contributed by atoms with Crippen LogP contribution in [0.1, 0.15) is 58.3 Å². The molecule has 0 aromatic heterocycles. The van der Waals surface area contributed by atoms with E-state index in [4.69, 9.17) is 0 Å². The van der Waals surface area contributed by atoms with Gasteiger partial charge in [0.15, 0.2) is 0 Å². The molecule has 3 heteroatoms. The summed E-state index contributed by atoms with van der Waals surface area (Å²) in [6.45, 7) is 2.25. The Kier molecular flexibility index (Phi) is 10.5. The van der Waals surface area contributed by atoms with Crippen LogP contribution >= 0.6 is 27.7 Å². The molecule has 0 saturated heterocycles. The molecule has 0 aliphatic carbocycles. The van der Waals surface area contributed by atoms with E-state index in [1.807, 2.05) is 18.2 Å². The fourth-order valence-corrected chi connectivity index (χ4v) is 3.72. The Hall–Kier alpha value is 0.01000. The molecule has 1 rings (SSSR count). The molecule has 1 unspecified atom stereocenters. The van der Waals surface area contributed by atoms with Crippen LogP contribution in [0.25, 0.3) is 0 Å². The van der Waals surface area contributed by atoms with Gasteiger partial charge in [-0.25, -0.2) is 0 Å². The monoisotopic (exact) mass is 358 g/mol. The summed E-state index contributed by atoms with van der Waals surface area (Å²) in [6, 6.07) is 8.19. The molecule has 0 aliphatic heterocycles. The molecule has 0 bridgehead atoms. The minimum absolute atomic E-state index is 0.178. The van der Waals surface area contributed by atoms with Crippen LogP contribution in [0.15, 0.2) is 33.6 Å². The summed E-state index contributed by atoms with van der Waals surface area (Å²) in [5, 5.41) is 10.0. The molecule has 0 heterocycles. The maximum atomic E-state index is 10.0. The van der Waals surface area contributed by atoms with Crippen molar-refractivity contribution in [2.45, 2.75) is 69.3 Å². The van der Waals surface area contributed by atoms with Crippen molar-refractivity contribution in [3.8, 4) is 0 Å². The second-order valence-electron chi connectivity index (χ2n) is 5.31. The number of benzene rings is 1. The first-order valence-corrected chi connectivity index (χ1v) is 9.57. The van der Waals surface area contributed by atoms with E-state index in [0.29, 0.717) is 0 Å². The van der Waals surface area contributed by atoms with Gasteiger partial charge in [-0.2, -0.15) is 0 Å². The Labute approximate surface area is 136 Å². The van der Waals surface area contributed by atoms with Gasteiger partial charge in [0.1, 0.15) is 0 Å². The minimum Gasteiger partial charge on any atom is -0.392 e. The standard InChI is InChI=1S/C17H27BrOS/c1-2-3-4-5-6-7-8-11-15(19)14-20-17-13-10-9-12-16(17)18/h9-10,12-13,15,19H,2-8,11,14H2,1H3. The Balaban J connectivity index is 2.03.